The number of amides is 1. The summed E-state index contributed by atoms with van der Waals surface area (Å²) in [6, 6.07) is 2.19. The Morgan fingerprint density at radius 3 is 2.58 bits per heavy atom. The molecule has 0 aromatic carbocycles. The minimum Gasteiger partial charge on any atom is -0.466 e. The summed E-state index contributed by atoms with van der Waals surface area (Å²) in [5.74, 6) is 2.52. The van der Waals surface area contributed by atoms with E-state index in [0.29, 0.717) is 25.6 Å². The summed E-state index contributed by atoms with van der Waals surface area (Å²) in [7, 11) is 1.73. The minimum atomic E-state index is -0.465. The number of guanidine groups is 1. The summed E-state index contributed by atoms with van der Waals surface area (Å²) in [5.41, 5.74) is 0.646. The quantitative estimate of drug-likeness (QED) is 0.653. The van der Waals surface area contributed by atoms with E-state index in [9.17, 15) is 4.79 Å². The van der Waals surface area contributed by atoms with Gasteiger partial charge in [-0.05, 0) is 40.7 Å². The zero-order chi connectivity index (χ0) is 17.9. The molecule has 24 heavy (non-hydrogen) atoms. The van der Waals surface area contributed by atoms with E-state index in [2.05, 4.69) is 15.6 Å². The second-order valence-electron chi connectivity index (χ2n) is 7.09. The highest BCUT2D eigenvalue weighted by Crippen LogP contribution is 2.15. The molecule has 1 aromatic heterocycles. The van der Waals surface area contributed by atoms with Crippen molar-refractivity contribution in [3.8, 4) is 0 Å². The maximum atomic E-state index is 11.9. The Morgan fingerprint density at radius 1 is 1.42 bits per heavy atom. The van der Waals surface area contributed by atoms with Crippen molar-refractivity contribution in [3.63, 3.8) is 0 Å². The van der Waals surface area contributed by atoms with Crippen molar-refractivity contribution in [1.29, 1.82) is 0 Å². The number of hydrogen-bond acceptors (Lipinski definition) is 4. The third-order valence-electron chi connectivity index (χ3n) is 3.69. The van der Waals surface area contributed by atoms with Crippen LogP contribution >= 0.6 is 0 Å². The largest absolute Gasteiger partial charge is 0.466 e. The zero-order valence-electron chi connectivity index (χ0n) is 15.4. The van der Waals surface area contributed by atoms with Crippen LogP contribution in [0.25, 0.3) is 0 Å². The van der Waals surface area contributed by atoms with Gasteiger partial charge in [0, 0.05) is 32.2 Å². The van der Waals surface area contributed by atoms with Gasteiger partial charge >= 0.3 is 6.09 Å². The molecule has 0 radical (unpaired) electrons. The minimum absolute atomic E-state index is 0.177. The fraction of sp³-hybridized carbons (Fsp3) is 0.647. The second-order valence-corrected chi connectivity index (χ2v) is 7.09. The molecule has 0 saturated carbocycles. The molecule has 1 aromatic rings. The van der Waals surface area contributed by atoms with E-state index < -0.39 is 5.60 Å². The maximum Gasteiger partial charge on any atom is 0.410 e. The molecule has 0 atom stereocenters. The van der Waals surface area contributed by atoms with Crippen molar-refractivity contribution in [3.05, 3.63) is 23.2 Å². The van der Waals surface area contributed by atoms with Crippen LogP contribution in [0.3, 0.4) is 0 Å². The summed E-state index contributed by atoms with van der Waals surface area (Å²) in [6.45, 7) is 11.3. The average Bonchev–Trinajstić information content (AvgIpc) is 2.72. The molecule has 1 aliphatic heterocycles. The standard InChI is InChI=1S/C17H28N4O3/c1-11-7-13(12(2)23-11)8-19-15(18-6)20-14-9-21(10-14)16(22)24-17(3,4)5/h7,14H,8-10H2,1-6H3,(H2,18,19,20). The van der Waals surface area contributed by atoms with E-state index >= 15 is 0 Å². The molecule has 0 aliphatic carbocycles. The summed E-state index contributed by atoms with van der Waals surface area (Å²) < 4.78 is 10.9. The van der Waals surface area contributed by atoms with Gasteiger partial charge in [-0.1, -0.05) is 0 Å². The lowest BCUT2D eigenvalue weighted by molar-refractivity contribution is 0.00701. The van der Waals surface area contributed by atoms with Gasteiger partial charge < -0.3 is 24.7 Å². The molecule has 2 rings (SSSR count). The van der Waals surface area contributed by atoms with Gasteiger partial charge in [-0.3, -0.25) is 4.99 Å². The fourth-order valence-electron chi connectivity index (χ4n) is 2.47. The van der Waals surface area contributed by atoms with Crippen molar-refractivity contribution in [1.82, 2.24) is 15.5 Å². The predicted octanol–water partition coefficient (Wildman–Crippen LogP) is 2.18. The molecule has 1 fully saturated rings. The van der Waals surface area contributed by atoms with Gasteiger partial charge in [-0.15, -0.1) is 0 Å². The molecular weight excluding hydrogens is 308 g/mol. The van der Waals surface area contributed by atoms with Gasteiger partial charge in [0.1, 0.15) is 17.1 Å². The van der Waals surface area contributed by atoms with E-state index in [1.54, 1.807) is 11.9 Å². The molecule has 134 valence electrons. The number of aliphatic imine (C=N–C) groups is 1. The molecule has 0 spiro atoms. The van der Waals surface area contributed by atoms with E-state index in [-0.39, 0.29) is 12.1 Å². The van der Waals surface area contributed by atoms with Crippen LogP contribution in [0.15, 0.2) is 15.5 Å². The molecule has 1 amide bonds. The number of aryl methyl sites for hydroxylation is 2. The van der Waals surface area contributed by atoms with Crippen molar-refractivity contribution < 1.29 is 13.9 Å². The predicted molar refractivity (Wildman–Crippen MR) is 93.1 cm³/mol. The number of nitrogens with one attached hydrogen (secondary N) is 2. The van der Waals surface area contributed by atoms with E-state index in [1.165, 1.54) is 0 Å². The van der Waals surface area contributed by atoms with E-state index in [0.717, 1.165) is 17.1 Å². The number of carbonyl (C=O) groups excluding carboxylic acids is 1. The van der Waals surface area contributed by atoms with Gasteiger partial charge in [0.2, 0.25) is 0 Å². The summed E-state index contributed by atoms with van der Waals surface area (Å²) in [6.07, 6.45) is -0.270. The number of furan rings is 1. The zero-order valence-corrected chi connectivity index (χ0v) is 15.4. The van der Waals surface area contributed by atoms with Crippen molar-refractivity contribution >= 4 is 12.1 Å². The maximum absolute atomic E-state index is 11.9. The van der Waals surface area contributed by atoms with Gasteiger partial charge in [0.25, 0.3) is 0 Å². The highest BCUT2D eigenvalue weighted by atomic mass is 16.6. The fourth-order valence-corrected chi connectivity index (χ4v) is 2.47. The molecule has 7 heteroatoms. The Kier molecular flexibility index (Phi) is 5.41. The SMILES string of the molecule is CN=C(NCc1cc(C)oc1C)NC1CN(C(=O)OC(C)(C)C)C1. The van der Waals surface area contributed by atoms with Crippen LogP contribution in [0.2, 0.25) is 0 Å². The number of ether oxygens (including phenoxy) is 1. The highest BCUT2D eigenvalue weighted by molar-refractivity contribution is 5.80. The summed E-state index contributed by atoms with van der Waals surface area (Å²) in [5, 5.41) is 6.57. The molecule has 1 aliphatic rings. The lowest BCUT2D eigenvalue weighted by Crippen LogP contribution is -2.63. The van der Waals surface area contributed by atoms with Crippen LogP contribution in [-0.2, 0) is 11.3 Å². The normalized spacial score (nSPS) is 15.9. The van der Waals surface area contributed by atoms with Gasteiger partial charge in [0.15, 0.2) is 5.96 Å². The van der Waals surface area contributed by atoms with Crippen LogP contribution in [0, 0.1) is 13.8 Å². The highest BCUT2D eigenvalue weighted by Gasteiger charge is 2.34. The molecule has 0 unspecified atom stereocenters. The molecule has 1 saturated heterocycles. The lowest BCUT2D eigenvalue weighted by Gasteiger charge is -2.40. The van der Waals surface area contributed by atoms with Crippen LogP contribution in [0.4, 0.5) is 4.79 Å². The molecule has 7 nitrogen and oxygen atoms in total. The Hall–Kier alpha value is -2.18. The van der Waals surface area contributed by atoms with Crippen LogP contribution in [0.1, 0.15) is 37.9 Å². The smallest absolute Gasteiger partial charge is 0.410 e. The van der Waals surface area contributed by atoms with Gasteiger partial charge in [0.05, 0.1) is 6.04 Å². The summed E-state index contributed by atoms with van der Waals surface area (Å²) in [4.78, 5) is 17.8. The third-order valence-corrected chi connectivity index (χ3v) is 3.69. The Morgan fingerprint density at radius 2 is 2.08 bits per heavy atom. The molecule has 0 bridgehead atoms. The average molecular weight is 336 g/mol. The number of carbonyl (C=O) groups is 1. The first-order valence-corrected chi connectivity index (χ1v) is 8.19. The summed E-state index contributed by atoms with van der Waals surface area (Å²) >= 11 is 0. The number of likely N-dealkylation sites (tertiary alicyclic amines) is 1. The Labute approximate surface area is 143 Å². The van der Waals surface area contributed by atoms with Crippen LogP contribution in [0.5, 0.6) is 0 Å². The number of rotatable bonds is 3. The van der Waals surface area contributed by atoms with E-state index in [4.69, 9.17) is 9.15 Å². The second kappa shape index (κ2) is 7.15. The first-order valence-electron chi connectivity index (χ1n) is 8.19. The first-order chi connectivity index (χ1) is 11.2. The molecular formula is C17H28N4O3. The van der Waals surface area contributed by atoms with Crippen molar-refractivity contribution in [2.45, 2.75) is 52.8 Å². The monoisotopic (exact) mass is 336 g/mol. The molecule has 2 N–H and O–H groups in total. The van der Waals surface area contributed by atoms with Crippen LogP contribution in [-0.4, -0.2) is 48.7 Å². The lowest BCUT2D eigenvalue weighted by atomic mass is 10.1. The van der Waals surface area contributed by atoms with Crippen molar-refractivity contribution in [2.75, 3.05) is 20.1 Å². The molecule has 2 heterocycles. The number of hydrogen-bond donors (Lipinski definition) is 2. The van der Waals surface area contributed by atoms with E-state index in [1.807, 2.05) is 40.7 Å². The number of nitrogens with zero attached hydrogens (tertiary/aromatic N) is 2. The Bertz CT molecular complexity index is 610. The van der Waals surface area contributed by atoms with Gasteiger partial charge in [-0.25, -0.2) is 4.79 Å². The Balaban J connectivity index is 1.75. The van der Waals surface area contributed by atoms with Crippen molar-refractivity contribution in [2.24, 2.45) is 4.99 Å². The third kappa shape index (κ3) is 4.91. The first kappa shape index (κ1) is 18.2. The van der Waals surface area contributed by atoms with Gasteiger partial charge in [-0.2, -0.15) is 0 Å². The van der Waals surface area contributed by atoms with Crippen LogP contribution < -0.4 is 10.6 Å². The topological polar surface area (TPSA) is 79.1 Å².